The van der Waals surface area contributed by atoms with Crippen LogP contribution in [-0.2, 0) is 11.2 Å². The molecule has 1 saturated heterocycles. The van der Waals surface area contributed by atoms with Crippen LogP contribution in [0.3, 0.4) is 0 Å². The van der Waals surface area contributed by atoms with Crippen LogP contribution in [0, 0.1) is 17.1 Å². The number of amides is 1. The quantitative estimate of drug-likeness (QED) is 0.891. The fourth-order valence-electron chi connectivity index (χ4n) is 3.14. The van der Waals surface area contributed by atoms with Crippen LogP contribution in [0.15, 0.2) is 35.7 Å². The smallest absolute Gasteiger partial charge is 0.220 e. The third-order valence-electron chi connectivity index (χ3n) is 4.38. The Kier molecular flexibility index (Phi) is 5.67. The summed E-state index contributed by atoms with van der Waals surface area (Å²) < 4.78 is 14.2. The number of nitrogens with zero attached hydrogens (tertiary/aromatic N) is 2. The van der Waals surface area contributed by atoms with E-state index in [0.29, 0.717) is 24.2 Å². The van der Waals surface area contributed by atoms with Crippen molar-refractivity contribution >= 4 is 22.9 Å². The molecule has 1 unspecified atom stereocenters. The molecular formula is C19H20FN3OS. The fourth-order valence-corrected chi connectivity index (χ4v) is 3.85. The predicted molar refractivity (Wildman–Crippen MR) is 97.1 cm³/mol. The molecule has 3 rings (SSSR count). The molecule has 0 bridgehead atoms. The Morgan fingerprint density at radius 2 is 2.32 bits per heavy atom. The highest BCUT2D eigenvalue weighted by molar-refractivity contribution is 7.09. The summed E-state index contributed by atoms with van der Waals surface area (Å²) in [5, 5.41) is 13.9. The average Bonchev–Trinajstić information content (AvgIpc) is 3.13. The second-order valence-electron chi connectivity index (χ2n) is 6.21. The topological polar surface area (TPSA) is 56.1 Å². The molecule has 1 atom stereocenters. The minimum absolute atomic E-state index is 0.0274. The standard InChI is InChI=1S/C19H20FN3OS/c20-17-11-14(12-21)5-7-18(17)23-9-1-3-15(13-23)22-19(24)8-6-16-4-2-10-25-16/h2,4-5,7,10-11,15H,1,3,6,8-9,13H2,(H,22,24). The molecule has 1 fully saturated rings. The number of hydrogen-bond donors (Lipinski definition) is 1. The Balaban J connectivity index is 1.56. The SMILES string of the molecule is N#Cc1ccc(N2CCCC(NC(=O)CCc3cccs3)C2)c(F)c1. The number of rotatable bonds is 5. The summed E-state index contributed by atoms with van der Waals surface area (Å²) in [6.07, 6.45) is 3.03. The van der Waals surface area contributed by atoms with Crippen molar-refractivity contribution in [1.29, 1.82) is 5.26 Å². The van der Waals surface area contributed by atoms with E-state index in [9.17, 15) is 9.18 Å². The summed E-state index contributed by atoms with van der Waals surface area (Å²) >= 11 is 1.66. The first-order chi connectivity index (χ1) is 12.2. The maximum absolute atomic E-state index is 14.2. The third-order valence-corrected chi connectivity index (χ3v) is 5.32. The number of halogens is 1. The van der Waals surface area contributed by atoms with Gasteiger partial charge in [-0.25, -0.2) is 4.39 Å². The number of piperidine rings is 1. The maximum atomic E-state index is 14.2. The molecule has 2 aromatic rings. The van der Waals surface area contributed by atoms with E-state index in [0.717, 1.165) is 25.8 Å². The second kappa shape index (κ2) is 8.13. The molecule has 1 aromatic heterocycles. The number of nitrogens with one attached hydrogen (secondary N) is 1. The van der Waals surface area contributed by atoms with Gasteiger partial charge in [-0.15, -0.1) is 11.3 Å². The van der Waals surface area contributed by atoms with Crippen molar-refractivity contribution in [2.45, 2.75) is 31.7 Å². The molecule has 25 heavy (non-hydrogen) atoms. The summed E-state index contributed by atoms with van der Waals surface area (Å²) in [5.41, 5.74) is 0.813. The molecule has 2 heterocycles. The molecule has 130 valence electrons. The zero-order chi connectivity index (χ0) is 17.6. The minimum Gasteiger partial charge on any atom is -0.367 e. The predicted octanol–water partition coefficient (Wildman–Crippen LogP) is 3.48. The lowest BCUT2D eigenvalue weighted by atomic mass is 10.0. The lowest BCUT2D eigenvalue weighted by Gasteiger charge is -2.35. The molecule has 1 N–H and O–H groups in total. The van der Waals surface area contributed by atoms with Gasteiger partial charge in [0.2, 0.25) is 5.91 Å². The van der Waals surface area contributed by atoms with Gasteiger partial charge in [-0.05, 0) is 48.9 Å². The highest BCUT2D eigenvalue weighted by Crippen LogP contribution is 2.24. The first kappa shape index (κ1) is 17.4. The van der Waals surface area contributed by atoms with Gasteiger partial charge in [-0.2, -0.15) is 5.26 Å². The normalized spacial score (nSPS) is 17.1. The number of benzene rings is 1. The Morgan fingerprint density at radius 3 is 3.04 bits per heavy atom. The summed E-state index contributed by atoms with van der Waals surface area (Å²) in [6, 6.07) is 10.5. The van der Waals surface area contributed by atoms with Gasteiger partial charge >= 0.3 is 0 Å². The van der Waals surface area contributed by atoms with E-state index >= 15 is 0 Å². The number of nitriles is 1. The molecule has 0 spiro atoms. The van der Waals surface area contributed by atoms with E-state index in [1.54, 1.807) is 23.5 Å². The Morgan fingerprint density at radius 1 is 1.44 bits per heavy atom. The number of carbonyl (C=O) groups is 1. The first-order valence-corrected chi connectivity index (χ1v) is 9.30. The van der Waals surface area contributed by atoms with Crippen LogP contribution in [0.4, 0.5) is 10.1 Å². The zero-order valence-corrected chi connectivity index (χ0v) is 14.7. The summed E-state index contributed by atoms with van der Waals surface area (Å²) in [7, 11) is 0. The maximum Gasteiger partial charge on any atom is 0.220 e. The molecule has 6 heteroatoms. The molecule has 1 amide bonds. The van der Waals surface area contributed by atoms with Crippen LogP contribution >= 0.6 is 11.3 Å². The molecular weight excluding hydrogens is 337 g/mol. The molecule has 4 nitrogen and oxygen atoms in total. The lowest BCUT2D eigenvalue weighted by molar-refractivity contribution is -0.121. The molecule has 0 radical (unpaired) electrons. The van der Waals surface area contributed by atoms with Crippen molar-refractivity contribution in [3.8, 4) is 6.07 Å². The van der Waals surface area contributed by atoms with Gasteiger partial charge in [-0.1, -0.05) is 6.07 Å². The zero-order valence-electron chi connectivity index (χ0n) is 13.9. The Hall–Kier alpha value is -2.39. The summed E-state index contributed by atoms with van der Waals surface area (Å²) in [4.78, 5) is 15.3. The van der Waals surface area contributed by atoms with Crippen molar-refractivity contribution in [3.63, 3.8) is 0 Å². The number of anilines is 1. The number of hydrogen-bond acceptors (Lipinski definition) is 4. The van der Waals surface area contributed by atoms with Crippen LogP contribution < -0.4 is 10.2 Å². The highest BCUT2D eigenvalue weighted by atomic mass is 32.1. The van der Waals surface area contributed by atoms with Crippen LogP contribution in [0.2, 0.25) is 0 Å². The van der Waals surface area contributed by atoms with E-state index < -0.39 is 0 Å². The van der Waals surface area contributed by atoms with Crippen molar-refractivity contribution in [1.82, 2.24) is 5.32 Å². The lowest BCUT2D eigenvalue weighted by Crippen LogP contribution is -2.48. The first-order valence-electron chi connectivity index (χ1n) is 8.42. The van der Waals surface area contributed by atoms with Crippen LogP contribution in [-0.4, -0.2) is 25.0 Å². The number of aryl methyl sites for hydroxylation is 1. The van der Waals surface area contributed by atoms with Crippen molar-refractivity contribution < 1.29 is 9.18 Å². The Bertz CT molecular complexity index is 769. The third kappa shape index (κ3) is 4.58. The van der Waals surface area contributed by atoms with Crippen molar-refractivity contribution in [2.24, 2.45) is 0 Å². The van der Waals surface area contributed by atoms with Crippen LogP contribution in [0.25, 0.3) is 0 Å². The summed E-state index contributed by atoms with van der Waals surface area (Å²) in [6.45, 7) is 1.35. The molecule has 0 aliphatic carbocycles. The fraction of sp³-hybridized carbons (Fsp3) is 0.368. The molecule has 1 aromatic carbocycles. The molecule has 1 aliphatic rings. The minimum atomic E-state index is -0.385. The number of carbonyl (C=O) groups excluding carboxylic acids is 1. The van der Waals surface area contributed by atoms with Crippen molar-refractivity contribution in [2.75, 3.05) is 18.0 Å². The Labute approximate surface area is 150 Å². The van der Waals surface area contributed by atoms with Crippen LogP contribution in [0.1, 0.15) is 29.7 Å². The van der Waals surface area contributed by atoms with E-state index in [-0.39, 0.29) is 17.8 Å². The van der Waals surface area contributed by atoms with E-state index in [4.69, 9.17) is 5.26 Å². The van der Waals surface area contributed by atoms with Gasteiger partial charge in [-0.3, -0.25) is 4.79 Å². The van der Waals surface area contributed by atoms with E-state index in [1.807, 2.05) is 28.5 Å². The largest absolute Gasteiger partial charge is 0.367 e. The van der Waals surface area contributed by atoms with Gasteiger partial charge in [0.15, 0.2) is 0 Å². The average molecular weight is 357 g/mol. The molecule has 1 aliphatic heterocycles. The second-order valence-corrected chi connectivity index (χ2v) is 7.24. The van der Waals surface area contributed by atoms with Gasteiger partial charge in [0.25, 0.3) is 0 Å². The van der Waals surface area contributed by atoms with Gasteiger partial charge in [0.1, 0.15) is 5.82 Å². The van der Waals surface area contributed by atoms with Crippen LogP contribution in [0.5, 0.6) is 0 Å². The summed E-state index contributed by atoms with van der Waals surface area (Å²) in [5.74, 6) is -0.343. The van der Waals surface area contributed by atoms with Crippen molar-refractivity contribution in [3.05, 3.63) is 52.0 Å². The monoisotopic (exact) mass is 357 g/mol. The number of thiophene rings is 1. The van der Waals surface area contributed by atoms with Gasteiger partial charge < -0.3 is 10.2 Å². The van der Waals surface area contributed by atoms with E-state index in [2.05, 4.69) is 5.32 Å². The highest BCUT2D eigenvalue weighted by Gasteiger charge is 2.23. The van der Waals surface area contributed by atoms with Gasteiger partial charge in [0, 0.05) is 30.4 Å². The van der Waals surface area contributed by atoms with E-state index in [1.165, 1.54) is 10.9 Å². The molecule has 0 saturated carbocycles. The van der Waals surface area contributed by atoms with Gasteiger partial charge in [0.05, 0.1) is 17.3 Å².